The van der Waals surface area contributed by atoms with Gasteiger partial charge >= 0.3 is 0 Å². The Labute approximate surface area is 116 Å². The smallest absolute Gasteiger partial charge is 0.265 e. The number of halogens is 2. The maximum atomic E-state index is 12.2. The summed E-state index contributed by atoms with van der Waals surface area (Å²) in [4.78, 5) is 14.7. The number of amides is 1. The number of rotatable bonds is 2. The van der Waals surface area contributed by atoms with Crippen molar-refractivity contribution in [2.75, 3.05) is 13.1 Å². The number of hydrogen-bond donors (Lipinski definition) is 0. The lowest BCUT2D eigenvalue weighted by atomic mass is 9.94. The van der Waals surface area contributed by atoms with Crippen LogP contribution in [0, 0.1) is 5.92 Å². The summed E-state index contributed by atoms with van der Waals surface area (Å²) in [6.45, 7) is 3.60. The van der Waals surface area contributed by atoms with Gasteiger partial charge in [-0.05, 0) is 37.1 Å². The molecule has 17 heavy (non-hydrogen) atoms. The minimum Gasteiger partial charge on any atom is -0.338 e. The van der Waals surface area contributed by atoms with Crippen LogP contribution in [0.3, 0.4) is 0 Å². The van der Waals surface area contributed by atoms with E-state index < -0.39 is 0 Å². The maximum absolute atomic E-state index is 12.2. The molecule has 0 bridgehead atoms. The van der Waals surface area contributed by atoms with E-state index in [4.69, 9.17) is 23.2 Å². The van der Waals surface area contributed by atoms with Crippen LogP contribution in [0.4, 0.5) is 0 Å². The molecule has 1 aromatic rings. The first kappa shape index (κ1) is 13.2. The number of hydrogen-bond acceptors (Lipinski definition) is 2. The van der Waals surface area contributed by atoms with Crippen molar-refractivity contribution in [1.82, 2.24) is 4.90 Å². The van der Waals surface area contributed by atoms with Crippen LogP contribution in [-0.2, 0) is 0 Å². The van der Waals surface area contributed by atoms with E-state index >= 15 is 0 Å². The molecule has 1 aliphatic rings. The van der Waals surface area contributed by atoms with E-state index in [2.05, 4.69) is 0 Å². The van der Waals surface area contributed by atoms with Gasteiger partial charge in [0.05, 0.1) is 5.02 Å². The molecule has 5 heteroatoms. The van der Waals surface area contributed by atoms with E-state index in [9.17, 15) is 4.79 Å². The van der Waals surface area contributed by atoms with Gasteiger partial charge in [0.2, 0.25) is 0 Å². The Morgan fingerprint density at radius 2 is 2.18 bits per heavy atom. The average Bonchev–Trinajstić information content (AvgIpc) is 2.74. The molecule has 0 aliphatic carbocycles. The van der Waals surface area contributed by atoms with Gasteiger partial charge in [-0.25, -0.2) is 0 Å². The van der Waals surface area contributed by atoms with Crippen LogP contribution in [0.1, 0.15) is 29.4 Å². The van der Waals surface area contributed by atoms with Gasteiger partial charge in [-0.1, -0.05) is 11.6 Å². The molecule has 0 N–H and O–H groups in total. The Morgan fingerprint density at radius 1 is 1.53 bits per heavy atom. The van der Waals surface area contributed by atoms with Crippen LogP contribution in [0.15, 0.2) is 11.4 Å². The highest BCUT2D eigenvalue weighted by Crippen LogP contribution is 2.28. The van der Waals surface area contributed by atoms with Crippen molar-refractivity contribution in [1.29, 1.82) is 0 Å². The molecule has 2 rings (SSSR count). The zero-order chi connectivity index (χ0) is 12.4. The number of carbonyl (C=O) groups excluding carboxylic acids is 1. The fourth-order valence-electron chi connectivity index (χ4n) is 2.15. The van der Waals surface area contributed by atoms with E-state index in [-0.39, 0.29) is 11.3 Å². The summed E-state index contributed by atoms with van der Waals surface area (Å²) < 4.78 is 0. The molecule has 2 nitrogen and oxygen atoms in total. The molecule has 1 aromatic heterocycles. The zero-order valence-corrected chi connectivity index (χ0v) is 12.0. The maximum Gasteiger partial charge on any atom is 0.265 e. The number of carbonyl (C=O) groups is 1. The molecule has 1 fully saturated rings. The molecular formula is C12H15Cl2NOS. The van der Waals surface area contributed by atoms with Gasteiger partial charge in [-0.3, -0.25) is 4.79 Å². The highest BCUT2D eigenvalue weighted by molar-refractivity contribution is 7.12. The molecule has 1 amide bonds. The Bertz CT molecular complexity index is 397. The van der Waals surface area contributed by atoms with Crippen molar-refractivity contribution >= 4 is 40.4 Å². The molecule has 94 valence electrons. The largest absolute Gasteiger partial charge is 0.338 e. The molecule has 1 saturated heterocycles. The highest BCUT2D eigenvalue weighted by Gasteiger charge is 2.27. The fraction of sp³-hybridized carbons (Fsp3) is 0.583. The van der Waals surface area contributed by atoms with Gasteiger partial charge in [-0.15, -0.1) is 22.9 Å². The Kier molecular flexibility index (Phi) is 4.34. The van der Waals surface area contributed by atoms with Crippen LogP contribution >= 0.6 is 34.5 Å². The second-order valence-corrected chi connectivity index (χ2v) is 6.42. The fourth-order valence-corrected chi connectivity index (χ4v) is 3.51. The van der Waals surface area contributed by atoms with Gasteiger partial charge in [0.25, 0.3) is 5.91 Å². The summed E-state index contributed by atoms with van der Waals surface area (Å²) in [7, 11) is 0. The lowest BCUT2D eigenvalue weighted by molar-refractivity contribution is 0.0695. The monoisotopic (exact) mass is 291 g/mol. The van der Waals surface area contributed by atoms with Crippen molar-refractivity contribution in [3.8, 4) is 0 Å². The number of likely N-dealkylation sites (tertiary alicyclic amines) is 1. The summed E-state index contributed by atoms with van der Waals surface area (Å²) in [5, 5.41) is 2.61. The van der Waals surface area contributed by atoms with Crippen molar-refractivity contribution in [2.45, 2.75) is 25.1 Å². The highest BCUT2D eigenvalue weighted by atomic mass is 35.5. The summed E-state index contributed by atoms with van der Waals surface area (Å²) >= 11 is 13.5. The normalized spacial score (nSPS) is 19.4. The molecular weight excluding hydrogens is 277 g/mol. The second kappa shape index (κ2) is 5.59. The molecule has 1 unspecified atom stereocenters. The Balaban J connectivity index is 1.98. The minimum atomic E-state index is 0.0608. The van der Waals surface area contributed by atoms with Gasteiger partial charge in [0, 0.05) is 18.5 Å². The summed E-state index contributed by atoms with van der Waals surface area (Å²) in [6.07, 6.45) is 1.97. The summed E-state index contributed by atoms with van der Waals surface area (Å²) in [5.41, 5.74) is 0. The number of thiophene rings is 1. The number of piperidine rings is 1. The third-order valence-electron chi connectivity index (χ3n) is 3.29. The van der Waals surface area contributed by atoms with Gasteiger partial charge in [0.1, 0.15) is 4.88 Å². The predicted molar refractivity (Wildman–Crippen MR) is 73.3 cm³/mol. The lowest BCUT2D eigenvalue weighted by Crippen LogP contribution is -2.39. The molecule has 1 aliphatic heterocycles. The molecule has 1 atom stereocenters. The van der Waals surface area contributed by atoms with Crippen LogP contribution in [0.5, 0.6) is 0 Å². The quantitative estimate of drug-likeness (QED) is 0.757. The summed E-state index contributed by atoms with van der Waals surface area (Å²) in [6, 6.07) is 1.77. The first-order valence-corrected chi connectivity index (χ1v) is 7.45. The van der Waals surface area contributed by atoms with E-state index in [1.54, 1.807) is 6.07 Å². The number of alkyl halides is 1. The van der Waals surface area contributed by atoms with Gasteiger partial charge in [-0.2, -0.15) is 0 Å². The first-order chi connectivity index (χ1) is 8.09. The van der Waals surface area contributed by atoms with Crippen molar-refractivity contribution < 1.29 is 4.79 Å². The SMILES string of the molecule is CC(Cl)C1CCN(C(=O)c2sccc2Cl)CC1. The molecule has 0 saturated carbocycles. The lowest BCUT2D eigenvalue weighted by Gasteiger charge is -2.33. The van der Waals surface area contributed by atoms with Gasteiger partial charge < -0.3 is 4.90 Å². The standard InChI is InChI=1S/C12H15Cl2NOS/c1-8(13)9-2-5-15(6-3-9)12(16)11-10(14)4-7-17-11/h4,7-9H,2-3,5-6H2,1H3. The molecule has 0 spiro atoms. The van der Waals surface area contributed by atoms with Gasteiger partial charge in [0.15, 0.2) is 0 Å². The van der Waals surface area contributed by atoms with Crippen molar-refractivity contribution in [3.05, 3.63) is 21.3 Å². The third-order valence-corrected chi connectivity index (χ3v) is 4.97. The van der Waals surface area contributed by atoms with Crippen LogP contribution in [-0.4, -0.2) is 29.3 Å². The third kappa shape index (κ3) is 2.95. The summed E-state index contributed by atoms with van der Waals surface area (Å²) in [5.74, 6) is 0.588. The molecule has 2 heterocycles. The van der Waals surface area contributed by atoms with E-state index in [0.717, 1.165) is 25.9 Å². The predicted octanol–water partition coefficient (Wildman–Crippen LogP) is 3.88. The second-order valence-electron chi connectivity index (χ2n) is 4.40. The van der Waals surface area contributed by atoms with Crippen molar-refractivity contribution in [2.24, 2.45) is 5.92 Å². The van der Waals surface area contributed by atoms with E-state index in [0.29, 0.717) is 15.8 Å². The zero-order valence-electron chi connectivity index (χ0n) is 9.66. The van der Waals surface area contributed by atoms with E-state index in [1.165, 1.54) is 11.3 Å². The Morgan fingerprint density at radius 3 is 2.65 bits per heavy atom. The topological polar surface area (TPSA) is 20.3 Å². The minimum absolute atomic E-state index is 0.0608. The van der Waals surface area contributed by atoms with Crippen LogP contribution in [0.2, 0.25) is 5.02 Å². The van der Waals surface area contributed by atoms with E-state index in [1.807, 2.05) is 17.2 Å². The molecule has 0 aromatic carbocycles. The number of nitrogens with zero attached hydrogens (tertiary/aromatic N) is 1. The molecule has 0 radical (unpaired) electrons. The first-order valence-electron chi connectivity index (χ1n) is 5.76. The van der Waals surface area contributed by atoms with Crippen molar-refractivity contribution in [3.63, 3.8) is 0 Å². The Hall–Kier alpha value is -0.250. The van der Waals surface area contributed by atoms with Crippen LogP contribution in [0.25, 0.3) is 0 Å². The average molecular weight is 292 g/mol. The van der Waals surface area contributed by atoms with Crippen LogP contribution < -0.4 is 0 Å².